The minimum atomic E-state index is 0.104. The van der Waals surface area contributed by atoms with E-state index >= 15 is 0 Å². The molecule has 0 aromatic heterocycles. The van der Waals surface area contributed by atoms with Crippen LogP contribution >= 0.6 is 0 Å². The fraction of sp³-hybridized carbons (Fsp3) is 0.200. The van der Waals surface area contributed by atoms with Crippen LogP contribution in [0.25, 0.3) is 21.9 Å². The second kappa shape index (κ2) is 5.20. The predicted molar refractivity (Wildman–Crippen MR) is 107 cm³/mol. The SMILES string of the molecule is CC(C)(C1=CC=CC1)C1c2ccccc2-c2c1ccc1ccccc21. The molecule has 1 atom stereocenters. The van der Waals surface area contributed by atoms with Crippen LogP contribution in [0.5, 0.6) is 0 Å². The van der Waals surface area contributed by atoms with Gasteiger partial charge in [0, 0.05) is 5.92 Å². The second-order valence-corrected chi connectivity index (χ2v) is 7.82. The van der Waals surface area contributed by atoms with Gasteiger partial charge in [-0.15, -0.1) is 0 Å². The lowest BCUT2D eigenvalue weighted by Gasteiger charge is -2.35. The molecule has 3 aromatic rings. The molecule has 0 radical (unpaired) electrons. The Balaban J connectivity index is 1.82. The molecule has 2 aliphatic carbocycles. The van der Waals surface area contributed by atoms with E-state index in [9.17, 15) is 0 Å². The predicted octanol–water partition coefficient (Wildman–Crippen LogP) is 6.86. The van der Waals surface area contributed by atoms with Crippen LogP contribution in [-0.2, 0) is 0 Å². The summed E-state index contributed by atoms with van der Waals surface area (Å²) in [4.78, 5) is 0. The highest BCUT2D eigenvalue weighted by Crippen LogP contribution is 2.57. The van der Waals surface area contributed by atoms with Gasteiger partial charge < -0.3 is 0 Å². The Bertz CT molecular complexity index is 1050. The van der Waals surface area contributed by atoms with Crippen LogP contribution in [0.3, 0.4) is 0 Å². The molecule has 0 aliphatic heterocycles. The van der Waals surface area contributed by atoms with Gasteiger partial charge in [-0.1, -0.05) is 98.3 Å². The maximum atomic E-state index is 2.41. The fourth-order valence-corrected chi connectivity index (χ4v) is 4.86. The zero-order valence-corrected chi connectivity index (χ0v) is 14.8. The van der Waals surface area contributed by atoms with Crippen molar-refractivity contribution in [1.82, 2.24) is 0 Å². The topological polar surface area (TPSA) is 0 Å². The molecule has 0 fully saturated rings. The lowest BCUT2D eigenvalue weighted by molar-refractivity contribution is 0.388. The molecule has 0 heteroatoms. The van der Waals surface area contributed by atoms with E-state index in [0.717, 1.165) is 6.42 Å². The van der Waals surface area contributed by atoms with Crippen LogP contribution < -0.4 is 0 Å². The van der Waals surface area contributed by atoms with Crippen molar-refractivity contribution in [2.75, 3.05) is 0 Å². The Kier molecular flexibility index (Phi) is 3.06. The van der Waals surface area contributed by atoms with Crippen LogP contribution in [-0.4, -0.2) is 0 Å². The minimum absolute atomic E-state index is 0.104. The Morgan fingerprint density at radius 2 is 1.64 bits per heavy atom. The first kappa shape index (κ1) is 14.7. The Morgan fingerprint density at radius 1 is 0.840 bits per heavy atom. The van der Waals surface area contributed by atoms with E-state index in [4.69, 9.17) is 0 Å². The van der Waals surface area contributed by atoms with Gasteiger partial charge in [0.25, 0.3) is 0 Å². The Morgan fingerprint density at radius 3 is 2.48 bits per heavy atom. The van der Waals surface area contributed by atoms with Crippen LogP contribution in [0, 0.1) is 5.41 Å². The summed E-state index contributed by atoms with van der Waals surface area (Å²) in [5, 5.41) is 2.71. The molecule has 5 rings (SSSR count). The quantitative estimate of drug-likeness (QED) is 0.483. The minimum Gasteiger partial charge on any atom is -0.0804 e. The summed E-state index contributed by atoms with van der Waals surface area (Å²) < 4.78 is 0. The van der Waals surface area contributed by atoms with E-state index in [-0.39, 0.29) is 5.41 Å². The van der Waals surface area contributed by atoms with Gasteiger partial charge in [-0.25, -0.2) is 0 Å². The zero-order chi connectivity index (χ0) is 17.0. The molecular formula is C25H22. The highest BCUT2D eigenvalue weighted by molar-refractivity contribution is 6.01. The highest BCUT2D eigenvalue weighted by atomic mass is 14.4. The maximum absolute atomic E-state index is 2.41. The van der Waals surface area contributed by atoms with E-state index < -0.39 is 0 Å². The molecule has 25 heavy (non-hydrogen) atoms. The molecule has 0 nitrogen and oxygen atoms in total. The molecule has 0 saturated carbocycles. The van der Waals surface area contributed by atoms with Gasteiger partial charge in [0.1, 0.15) is 0 Å². The van der Waals surface area contributed by atoms with Gasteiger partial charge >= 0.3 is 0 Å². The maximum Gasteiger partial charge on any atom is 0.0190 e. The molecule has 0 bridgehead atoms. The van der Waals surface area contributed by atoms with Gasteiger partial charge in [-0.2, -0.15) is 0 Å². The van der Waals surface area contributed by atoms with E-state index in [2.05, 4.69) is 92.7 Å². The van der Waals surface area contributed by atoms with Gasteiger partial charge in [-0.05, 0) is 44.9 Å². The first-order valence-electron chi connectivity index (χ1n) is 9.15. The smallest absolute Gasteiger partial charge is 0.0190 e. The monoisotopic (exact) mass is 322 g/mol. The first-order chi connectivity index (χ1) is 12.2. The van der Waals surface area contributed by atoms with Gasteiger partial charge in [0.05, 0.1) is 0 Å². The summed E-state index contributed by atoms with van der Waals surface area (Å²) in [5.41, 5.74) is 7.46. The number of fused-ring (bicyclic) bond motifs is 5. The van der Waals surface area contributed by atoms with Gasteiger partial charge in [0.15, 0.2) is 0 Å². The molecule has 0 spiro atoms. The van der Waals surface area contributed by atoms with Crippen molar-refractivity contribution in [1.29, 1.82) is 0 Å². The summed E-state index contributed by atoms with van der Waals surface area (Å²) in [5.74, 6) is 0.412. The molecule has 0 heterocycles. The highest BCUT2D eigenvalue weighted by Gasteiger charge is 2.41. The third-order valence-electron chi connectivity index (χ3n) is 6.13. The third kappa shape index (κ3) is 2.00. The van der Waals surface area contributed by atoms with Crippen molar-refractivity contribution in [3.63, 3.8) is 0 Å². The van der Waals surface area contributed by atoms with Gasteiger partial charge in [0.2, 0.25) is 0 Å². The zero-order valence-electron chi connectivity index (χ0n) is 14.8. The summed E-state index contributed by atoms with van der Waals surface area (Å²) >= 11 is 0. The van der Waals surface area contributed by atoms with Gasteiger partial charge in [-0.3, -0.25) is 0 Å². The molecule has 0 amide bonds. The molecule has 122 valence electrons. The van der Waals surface area contributed by atoms with Crippen molar-refractivity contribution >= 4 is 10.8 Å². The number of hydrogen-bond donors (Lipinski definition) is 0. The van der Waals surface area contributed by atoms with Crippen molar-refractivity contribution < 1.29 is 0 Å². The van der Waals surface area contributed by atoms with Crippen LogP contribution in [0.1, 0.15) is 37.3 Å². The first-order valence-corrected chi connectivity index (χ1v) is 9.15. The van der Waals surface area contributed by atoms with E-state index in [1.165, 1.54) is 38.6 Å². The average Bonchev–Trinajstić information content (AvgIpc) is 3.28. The van der Waals surface area contributed by atoms with Crippen molar-refractivity contribution in [3.05, 3.63) is 95.6 Å². The summed E-state index contributed by atoms with van der Waals surface area (Å²) in [6.45, 7) is 4.83. The standard InChI is InChI=1S/C25H22/c1-25(2,18-10-4-5-11-18)24-21-14-8-7-13-20(21)23-19-12-6-3-9-17(19)15-16-22(23)24/h3-10,12-16,24H,11H2,1-2H3. The third-order valence-corrected chi connectivity index (χ3v) is 6.13. The van der Waals surface area contributed by atoms with E-state index in [1.54, 1.807) is 0 Å². The van der Waals surface area contributed by atoms with Crippen LogP contribution in [0.4, 0.5) is 0 Å². The number of hydrogen-bond acceptors (Lipinski definition) is 0. The summed E-state index contributed by atoms with van der Waals surface area (Å²) in [6, 6.07) is 22.5. The molecule has 0 N–H and O–H groups in total. The number of allylic oxidation sites excluding steroid dienone is 4. The second-order valence-electron chi connectivity index (χ2n) is 7.82. The van der Waals surface area contributed by atoms with E-state index in [1.807, 2.05) is 0 Å². The number of benzene rings is 3. The molecule has 2 aliphatic rings. The van der Waals surface area contributed by atoms with Crippen molar-refractivity contribution in [3.8, 4) is 11.1 Å². The lowest BCUT2D eigenvalue weighted by Crippen LogP contribution is -2.23. The largest absolute Gasteiger partial charge is 0.0804 e. The van der Waals surface area contributed by atoms with Crippen LogP contribution in [0.2, 0.25) is 0 Å². The van der Waals surface area contributed by atoms with E-state index in [0.29, 0.717) is 5.92 Å². The van der Waals surface area contributed by atoms with Crippen molar-refractivity contribution in [2.24, 2.45) is 5.41 Å². The lowest BCUT2D eigenvalue weighted by atomic mass is 9.68. The molecular weight excluding hydrogens is 300 g/mol. The molecule has 3 aromatic carbocycles. The Hall–Kier alpha value is -2.60. The summed E-state index contributed by atoms with van der Waals surface area (Å²) in [6.07, 6.45) is 7.88. The number of rotatable bonds is 2. The summed E-state index contributed by atoms with van der Waals surface area (Å²) in [7, 11) is 0. The average molecular weight is 322 g/mol. The molecule has 1 unspecified atom stereocenters. The Labute approximate surface area is 149 Å². The van der Waals surface area contributed by atoms with Crippen molar-refractivity contribution in [2.45, 2.75) is 26.2 Å². The van der Waals surface area contributed by atoms with Crippen LogP contribution in [0.15, 0.2) is 84.5 Å². The molecule has 0 saturated heterocycles. The normalized spacial score (nSPS) is 18.3. The fourth-order valence-electron chi connectivity index (χ4n) is 4.86.